The number of rotatable bonds is 8. The summed E-state index contributed by atoms with van der Waals surface area (Å²) in [7, 11) is 0. The number of amides is 2. The van der Waals surface area contributed by atoms with Gasteiger partial charge in [0.1, 0.15) is 0 Å². The van der Waals surface area contributed by atoms with E-state index in [2.05, 4.69) is 14.9 Å². The zero-order valence-electron chi connectivity index (χ0n) is 15.7. The minimum atomic E-state index is -0.622. The molecule has 3 heterocycles. The summed E-state index contributed by atoms with van der Waals surface area (Å²) >= 11 is 0. The van der Waals surface area contributed by atoms with Crippen molar-refractivity contribution in [2.45, 2.75) is 45.3 Å². The Labute approximate surface area is 163 Å². The Morgan fingerprint density at radius 1 is 1.04 bits per heavy atom. The smallest absolute Gasteiger partial charge is 0.330 e. The summed E-state index contributed by atoms with van der Waals surface area (Å²) in [6, 6.07) is 11.1. The zero-order chi connectivity index (χ0) is 19.9. The van der Waals surface area contributed by atoms with Crippen LogP contribution in [0.3, 0.4) is 0 Å². The molecule has 0 spiro atoms. The fourth-order valence-corrected chi connectivity index (χ4v) is 2.93. The molecule has 2 aromatic heterocycles. The highest BCUT2D eigenvalue weighted by Gasteiger charge is 2.33. The van der Waals surface area contributed by atoms with E-state index in [0.717, 1.165) is 11.4 Å². The molecule has 146 valence electrons. The van der Waals surface area contributed by atoms with Crippen LogP contribution in [0.1, 0.15) is 37.6 Å². The van der Waals surface area contributed by atoms with E-state index in [0.29, 0.717) is 18.2 Å². The van der Waals surface area contributed by atoms with Crippen molar-refractivity contribution in [3.63, 3.8) is 0 Å². The van der Waals surface area contributed by atoms with Crippen molar-refractivity contribution in [2.24, 2.45) is 0 Å². The van der Waals surface area contributed by atoms with E-state index in [9.17, 15) is 14.4 Å². The van der Waals surface area contributed by atoms with Gasteiger partial charge in [0.25, 0.3) is 11.8 Å². The van der Waals surface area contributed by atoms with Crippen molar-refractivity contribution in [3.05, 3.63) is 60.2 Å². The Hall–Kier alpha value is -3.13. The van der Waals surface area contributed by atoms with Gasteiger partial charge in [0.2, 0.25) is 0 Å². The highest BCUT2D eigenvalue weighted by Crippen LogP contribution is 2.16. The number of hydroxylamine groups is 2. The molecule has 1 fully saturated rings. The van der Waals surface area contributed by atoms with Gasteiger partial charge in [0.15, 0.2) is 0 Å². The summed E-state index contributed by atoms with van der Waals surface area (Å²) in [5.41, 5.74) is 1.73. The third-order valence-corrected chi connectivity index (χ3v) is 4.47. The molecule has 1 unspecified atom stereocenters. The van der Waals surface area contributed by atoms with Crippen molar-refractivity contribution >= 4 is 17.8 Å². The molecule has 1 saturated heterocycles. The van der Waals surface area contributed by atoms with Crippen LogP contribution < -0.4 is 0 Å². The second-order valence-corrected chi connectivity index (χ2v) is 6.65. The average Bonchev–Trinajstić information content (AvgIpc) is 3.01. The first-order valence-electron chi connectivity index (χ1n) is 9.13. The summed E-state index contributed by atoms with van der Waals surface area (Å²) in [5.74, 6) is -1.59. The summed E-state index contributed by atoms with van der Waals surface area (Å²) < 4.78 is 0. The fourth-order valence-electron chi connectivity index (χ4n) is 2.93. The summed E-state index contributed by atoms with van der Waals surface area (Å²) in [4.78, 5) is 51.3. The van der Waals surface area contributed by atoms with Gasteiger partial charge in [0.05, 0.1) is 17.8 Å². The third kappa shape index (κ3) is 5.20. The number of hydrogen-bond donors (Lipinski definition) is 0. The van der Waals surface area contributed by atoms with Gasteiger partial charge in [-0.1, -0.05) is 12.1 Å². The lowest BCUT2D eigenvalue weighted by Crippen LogP contribution is -2.37. The number of carbonyl (C=O) groups excluding carboxylic acids is 3. The molecule has 0 saturated carbocycles. The van der Waals surface area contributed by atoms with Crippen LogP contribution in [-0.2, 0) is 32.3 Å². The second-order valence-electron chi connectivity index (χ2n) is 6.65. The quantitative estimate of drug-likeness (QED) is 0.644. The maximum atomic E-state index is 12.3. The minimum absolute atomic E-state index is 0.0245. The molecule has 8 heteroatoms. The lowest BCUT2D eigenvalue weighted by atomic mass is 10.1. The van der Waals surface area contributed by atoms with Crippen LogP contribution in [0.25, 0.3) is 0 Å². The third-order valence-electron chi connectivity index (χ3n) is 4.47. The first-order chi connectivity index (χ1) is 13.5. The Morgan fingerprint density at radius 2 is 1.57 bits per heavy atom. The number of nitrogens with zero attached hydrogens (tertiary/aromatic N) is 4. The molecule has 1 aliphatic rings. The molecule has 1 atom stereocenters. The maximum Gasteiger partial charge on any atom is 0.334 e. The number of hydrogen-bond acceptors (Lipinski definition) is 7. The highest BCUT2D eigenvalue weighted by molar-refractivity contribution is 6.01. The van der Waals surface area contributed by atoms with Crippen LogP contribution in [0.2, 0.25) is 0 Å². The topological polar surface area (TPSA) is 92.7 Å². The van der Waals surface area contributed by atoms with Crippen LogP contribution >= 0.6 is 0 Å². The molecule has 28 heavy (non-hydrogen) atoms. The first kappa shape index (κ1) is 19.6. The lowest BCUT2D eigenvalue weighted by Gasteiger charge is -2.28. The fraction of sp³-hybridized carbons (Fsp3) is 0.350. The maximum absolute atomic E-state index is 12.3. The van der Waals surface area contributed by atoms with E-state index in [1.54, 1.807) is 12.4 Å². The number of imide groups is 1. The van der Waals surface area contributed by atoms with Crippen molar-refractivity contribution < 1.29 is 19.2 Å². The SMILES string of the molecule is CC(CC(=O)ON1C(=O)CCC1=O)N(Cc1ccccn1)Cc1ccccn1. The molecular formula is C20H22N4O4. The Balaban J connectivity index is 1.66. The van der Waals surface area contributed by atoms with E-state index >= 15 is 0 Å². The Kier molecular flexibility index (Phi) is 6.44. The van der Waals surface area contributed by atoms with Crippen LogP contribution in [0.5, 0.6) is 0 Å². The Morgan fingerprint density at radius 3 is 2.04 bits per heavy atom. The van der Waals surface area contributed by atoms with Crippen LogP contribution in [0.4, 0.5) is 0 Å². The van der Waals surface area contributed by atoms with Gasteiger partial charge >= 0.3 is 5.97 Å². The molecule has 0 N–H and O–H groups in total. The second kappa shape index (κ2) is 9.18. The largest absolute Gasteiger partial charge is 0.334 e. The summed E-state index contributed by atoms with van der Waals surface area (Å²) in [6.45, 7) is 2.93. The van der Waals surface area contributed by atoms with Gasteiger partial charge in [0, 0.05) is 44.4 Å². The first-order valence-corrected chi connectivity index (χ1v) is 9.13. The normalized spacial score (nSPS) is 15.1. The molecule has 2 amide bonds. The Bertz CT molecular complexity index is 771. The molecule has 0 aliphatic carbocycles. The van der Waals surface area contributed by atoms with Gasteiger partial charge in [-0.05, 0) is 31.2 Å². The van der Waals surface area contributed by atoms with E-state index in [1.807, 2.05) is 43.3 Å². The predicted molar refractivity (Wildman–Crippen MR) is 99.0 cm³/mol. The van der Waals surface area contributed by atoms with E-state index < -0.39 is 17.8 Å². The number of aromatic nitrogens is 2. The minimum Gasteiger partial charge on any atom is -0.330 e. The standard InChI is InChI=1S/C20H22N4O4/c1-15(12-20(27)28-24-18(25)8-9-19(24)26)23(13-16-6-2-4-10-21-16)14-17-7-3-5-11-22-17/h2-7,10-11,15H,8-9,12-14H2,1H3. The van der Waals surface area contributed by atoms with Crippen molar-refractivity contribution in [1.29, 1.82) is 0 Å². The number of carbonyl (C=O) groups is 3. The monoisotopic (exact) mass is 382 g/mol. The van der Waals surface area contributed by atoms with Crippen molar-refractivity contribution in [3.8, 4) is 0 Å². The molecule has 2 aromatic rings. The van der Waals surface area contributed by atoms with Gasteiger partial charge in [-0.25, -0.2) is 4.79 Å². The van der Waals surface area contributed by atoms with Gasteiger partial charge in [-0.2, -0.15) is 0 Å². The van der Waals surface area contributed by atoms with E-state index in [1.165, 1.54) is 0 Å². The molecule has 0 aromatic carbocycles. The number of pyridine rings is 2. The lowest BCUT2D eigenvalue weighted by molar-refractivity contribution is -0.198. The summed E-state index contributed by atoms with van der Waals surface area (Å²) in [5, 5.41) is 0.580. The zero-order valence-corrected chi connectivity index (χ0v) is 15.7. The van der Waals surface area contributed by atoms with Crippen molar-refractivity contribution in [1.82, 2.24) is 19.9 Å². The molecule has 0 radical (unpaired) electrons. The average molecular weight is 382 g/mol. The highest BCUT2D eigenvalue weighted by atomic mass is 16.7. The van der Waals surface area contributed by atoms with Gasteiger partial charge in [-0.3, -0.25) is 24.5 Å². The molecule has 8 nitrogen and oxygen atoms in total. The summed E-state index contributed by atoms with van der Waals surface area (Å²) in [6.07, 6.45) is 3.62. The van der Waals surface area contributed by atoms with E-state index in [-0.39, 0.29) is 25.3 Å². The molecular weight excluding hydrogens is 360 g/mol. The molecule has 3 rings (SSSR count). The van der Waals surface area contributed by atoms with Crippen LogP contribution in [0, 0.1) is 0 Å². The van der Waals surface area contributed by atoms with Crippen LogP contribution in [0.15, 0.2) is 48.8 Å². The van der Waals surface area contributed by atoms with Crippen molar-refractivity contribution in [2.75, 3.05) is 0 Å². The van der Waals surface area contributed by atoms with Crippen LogP contribution in [-0.4, -0.2) is 43.8 Å². The van der Waals surface area contributed by atoms with Gasteiger partial charge in [-0.15, -0.1) is 5.06 Å². The van der Waals surface area contributed by atoms with Gasteiger partial charge < -0.3 is 4.84 Å². The molecule has 0 bridgehead atoms. The van der Waals surface area contributed by atoms with E-state index in [4.69, 9.17) is 4.84 Å². The molecule has 1 aliphatic heterocycles. The predicted octanol–water partition coefficient (Wildman–Crippen LogP) is 1.86.